The Morgan fingerprint density at radius 1 is 0.932 bits per heavy atom. The fraction of sp³-hybridized carbons (Fsp3) is 0.484. The first-order valence-electron chi connectivity index (χ1n) is 14.1. The third kappa shape index (κ3) is 11.4. The van der Waals surface area contributed by atoms with E-state index in [0.29, 0.717) is 10.7 Å². The van der Waals surface area contributed by atoms with E-state index in [2.05, 4.69) is 16.0 Å². The van der Waals surface area contributed by atoms with Crippen molar-refractivity contribution in [3.63, 3.8) is 0 Å². The molecular weight excluding hydrogens is 603 g/mol. The Kier molecular flexibility index (Phi) is 12.6. The second-order valence-corrected chi connectivity index (χ2v) is 12.2. The van der Waals surface area contributed by atoms with Crippen molar-refractivity contribution in [2.75, 3.05) is 10.6 Å². The van der Waals surface area contributed by atoms with Gasteiger partial charge in [0, 0.05) is 10.7 Å². The van der Waals surface area contributed by atoms with Crippen LogP contribution in [-0.2, 0) is 14.3 Å². The maximum Gasteiger partial charge on any atom is 0.490 e. The molecule has 3 rings (SSSR count). The number of esters is 1. The molecule has 3 amide bonds. The highest BCUT2D eigenvalue weighted by Crippen LogP contribution is 2.29. The average Bonchev–Trinajstić information content (AvgIpc) is 2.88. The van der Waals surface area contributed by atoms with Crippen LogP contribution in [0.25, 0.3) is 0 Å². The van der Waals surface area contributed by atoms with Gasteiger partial charge in [-0.1, -0.05) is 48.6 Å². The van der Waals surface area contributed by atoms with Gasteiger partial charge in [-0.3, -0.25) is 4.79 Å². The maximum atomic E-state index is 13.5. The molecule has 1 atom stereocenters. The number of aryl methyl sites for hydroxylation is 3. The fourth-order valence-electron chi connectivity index (χ4n) is 4.88. The van der Waals surface area contributed by atoms with Crippen LogP contribution in [0, 0.1) is 26.7 Å². The maximum absolute atomic E-state index is 13.5. The van der Waals surface area contributed by atoms with E-state index in [-0.39, 0.29) is 17.2 Å². The smallest absolute Gasteiger partial charge is 0.475 e. The molecule has 242 valence electrons. The van der Waals surface area contributed by atoms with Crippen LogP contribution in [0.5, 0.6) is 0 Å². The highest BCUT2D eigenvalue weighted by atomic mass is 35.5. The van der Waals surface area contributed by atoms with Crippen LogP contribution >= 0.6 is 11.6 Å². The zero-order chi connectivity index (χ0) is 33.4. The molecule has 0 spiro atoms. The summed E-state index contributed by atoms with van der Waals surface area (Å²) < 4.78 is 37.4. The number of alkyl halides is 3. The summed E-state index contributed by atoms with van der Waals surface area (Å²) in [6.45, 7) is 11.3. The summed E-state index contributed by atoms with van der Waals surface area (Å²) in [5.41, 5.74) is 3.46. The highest BCUT2D eigenvalue weighted by Gasteiger charge is 2.38. The van der Waals surface area contributed by atoms with E-state index in [1.165, 1.54) is 6.07 Å². The quantitative estimate of drug-likeness (QED) is 0.241. The van der Waals surface area contributed by atoms with E-state index in [0.717, 1.165) is 48.8 Å². The predicted octanol–water partition coefficient (Wildman–Crippen LogP) is 7.56. The number of carboxylic acids is 1. The number of carboxylic acid groups (broad SMARTS) is 1. The molecule has 1 aliphatic rings. The molecule has 1 saturated carbocycles. The SMILES string of the molecule is Cc1cc(C)c(NC(=O)Nc2cc(Cl)ccc2C(=O)N[C@H](C(=O)OC(C)(C)C)C2CCCCC2)c(C)c1.O=C(O)C(F)(F)F. The lowest BCUT2D eigenvalue weighted by molar-refractivity contribution is -0.192. The first-order valence-corrected chi connectivity index (χ1v) is 14.5. The van der Waals surface area contributed by atoms with Crippen LogP contribution in [0.3, 0.4) is 0 Å². The van der Waals surface area contributed by atoms with Gasteiger partial charge in [-0.25, -0.2) is 14.4 Å². The van der Waals surface area contributed by atoms with Crippen LogP contribution in [0.4, 0.5) is 29.3 Å². The van der Waals surface area contributed by atoms with E-state index in [9.17, 15) is 27.6 Å². The summed E-state index contributed by atoms with van der Waals surface area (Å²) in [4.78, 5) is 48.4. The van der Waals surface area contributed by atoms with Crippen LogP contribution in [0.15, 0.2) is 30.3 Å². The second-order valence-electron chi connectivity index (χ2n) is 11.7. The number of hydrogen-bond donors (Lipinski definition) is 4. The zero-order valence-electron chi connectivity index (χ0n) is 25.6. The molecule has 0 unspecified atom stereocenters. The number of rotatable bonds is 6. The van der Waals surface area contributed by atoms with E-state index < -0.39 is 41.7 Å². The third-order valence-electron chi connectivity index (χ3n) is 6.70. The average molecular weight is 642 g/mol. The predicted molar refractivity (Wildman–Crippen MR) is 162 cm³/mol. The number of benzene rings is 2. The molecule has 0 radical (unpaired) electrons. The minimum absolute atomic E-state index is 0.00737. The number of carbonyl (C=O) groups is 4. The molecule has 2 aromatic rings. The van der Waals surface area contributed by atoms with Crippen LogP contribution in [0.2, 0.25) is 5.02 Å². The topological polar surface area (TPSA) is 134 Å². The zero-order valence-corrected chi connectivity index (χ0v) is 26.3. The Bertz CT molecular complexity index is 1350. The van der Waals surface area contributed by atoms with Crippen molar-refractivity contribution < 1.29 is 42.2 Å². The molecule has 0 aromatic heterocycles. The number of carbonyl (C=O) groups excluding carboxylic acids is 3. The summed E-state index contributed by atoms with van der Waals surface area (Å²) in [6.07, 6.45) is -0.274. The van der Waals surface area contributed by atoms with Gasteiger partial charge >= 0.3 is 24.1 Å². The van der Waals surface area contributed by atoms with Crippen molar-refractivity contribution in [3.8, 4) is 0 Å². The van der Waals surface area contributed by atoms with Crippen molar-refractivity contribution in [3.05, 3.63) is 57.6 Å². The monoisotopic (exact) mass is 641 g/mol. The van der Waals surface area contributed by atoms with Crippen molar-refractivity contribution in [2.45, 2.75) is 91.5 Å². The van der Waals surface area contributed by atoms with Gasteiger partial charge < -0.3 is 25.8 Å². The van der Waals surface area contributed by atoms with Gasteiger partial charge in [0.25, 0.3) is 5.91 Å². The van der Waals surface area contributed by atoms with Gasteiger partial charge in [-0.15, -0.1) is 0 Å². The Hall–Kier alpha value is -3.80. The first-order chi connectivity index (χ1) is 20.3. The third-order valence-corrected chi connectivity index (χ3v) is 6.94. The summed E-state index contributed by atoms with van der Waals surface area (Å²) in [5, 5.41) is 16.0. The summed E-state index contributed by atoms with van der Waals surface area (Å²) in [5.74, 6) is -3.69. The number of halogens is 4. The van der Waals surface area contributed by atoms with Gasteiger partial charge in [-0.05, 0) is 89.6 Å². The fourth-order valence-corrected chi connectivity index (χ4v) is 5.06. The number of amides is 3. The van der Waals surface area contributed by atoms with Crippen LogP contribution in [-0.4, -0.2) is 46.8 Å². The van der Waals surface area contributed by atoms with E-state index in [1.54, 1.807) is 12.1 Å². The Morgan fingerprint density at radius 3 is 1.98 bits per heavy atom. The lowest BCUT2D eigenvalue weighted by atomic mass is 9.83. The Balaban J connectivity index is 0.000000860. The van der Waals surface area contributed by atoms with E-state index >= 15 is 0 Å². The molecule has 9 nitrogen and oxygen atoms in total. The molecule has 4 N–H and O–H groups in total. The molecule has 0 heterocycles. The molecule has 1 aliphatic carbocycles. The number of hydrogen-bond acceptors (Lipinski definition) is 5. The molecule has 0 saturated heterocycles. The summed E-state index contributed by atoms with van der Waals surface area (Å²) in [6, 6.07) is 7.35. The second kappa shape index (κ2) is 15.3. The Morgan fingerprint density at radius 2 is 1.48 bits per heavy atom. The minimum atomic E-state index is -5.08. The van der Waals surface area contributed by atoms with Gasteiger partial charge in [0.15, 0.2) is 0 Å². The Labute approximate surface area is 259 Å². The lowest BCUT2D eigenvalue weighted by Gasteiger charge is -2.32. The largest absolute Gasteiger partial charge is 0.490 e. The van der Waals surface area contributed by atoms with Gasteiger partial charge in [0.1, 0.15) is 11.6 Å². The van der Waals surface area contributed by atoms with Crippen molar-refractivity contribution >= 4 is 46.9 Å². The molecule has 1 fully saturated rings. The lowest BCUT2D eigenvalue weighted by Crippen LogP contribution is -2.49. The van der Waals surface area contributed by atoms with Crippen molar-refractivity contribution in [1.82, 2.24) is 5.32 Å². The number of aliphatic carboxylic acids is 1. The summed E-state index contributed by atoms with van der Waals surface area (Å²) >= 11 is 6.21. The van der Waals surface area contributed by atoms with Gasteiger partial charge in [-0.2, -0.15) is 13.2 Å². The first kappa shape index (κ1) is 36.4. The molecule has 13 heteroatoms. The van der Waals surface area contributed by atoms with Crippen LogP contribution in [0.1, 0.15) is 79.9 Å². The van der Waals surface area contributed by atoms with E-state index in [4.69, 9.17) is 26.2 Å². The van der Waals surface area contributed by atoms with E-state index in [1.807, 2.05) is 53.7 Å². The molecular formula is C31H39ClF3N3O6. The van der Waals surface area contributed by atoms with Gasteiger partial charge in [0.2, 0.25) is 0 Å². The van der Waals surface area contributed by atoms with Crippen LogP contribution < -0.4 is 16.0 Å². The number of nitrogens with one attached hydrogen (secondary N) is 3. The van der Waals surface area contributed by atoms with Gasteiger partial charge in [0.05, 0.1) is 11.3 Å². The van der Waals surface area contributed by atoms with Crippen molar-refractivity contribution in [1.29, 1.82) is 0 Å². The minimum Gasteiger partial charge on any atom is -0.475 e. The standard InChI is InChI=1S/C29H38ClN3O4.C2HF3O2/c1-17-14-18(2)24(19(3)15-17)33-28(36)31-23-16-21(30)12-13-22(23)26(34)32-25(20-10-8-7-9-11-20)27(35)37-29(4,5)6;3-2(4,5)1(6)7/h12-16,20,25H,7-11H2,1-6H3,(H,32,34)(H2,31,33,36);(H,6,7)/t25-;/m0./s1. The summed E-state index contributed by atoms with van der Waals surface area (Å²) in [7, 11) is 0. The number of urea groups is 1. The number of ether oxygens (including phenoxy) is 1. The van der Waals surface area contributed by atoms with Crippen molar-refractivity contribution in [2.24, 2.45) is 5.92 Å². The molecule has 44 heavy (non-hydrogen) atoms. The highest BCUT2D eigenvalue weighted by molar-refractivity contribution is 6.31. The normalized spacial score (nSPS) is 14.4. The molecule has 0 bridgehead atoms. The molecule has 0 aliphatic heterocycles. The molecule has 2 aromatic carbocycles. The number of anilines is 2.